The zero-order valence-corrected chi connectivity index (χ0v) is 10.7. The van der Waals surface area contributed by atoms with E-state index in [0.717, 1.165) is 19.1 Å². The molecule has 1 heterocycles. The van der Waals surface area contributed by atoms with E-state index in [1.807, 2.05) is 0 Å². The molecule has 3 heteroatoms. The van der Waals surface area contributed by atoms with Gasteiger partial charge in [-0.15, -0.1) is 0 Å². The van der Waals surface area contributed by atoms with Crippen molar-refractivity contribution in [2.75, 3.05) is 0 Å². The van der Waals surface area contributed by atoms with Crippen LogP contribution in [0.4, 0.5) is 0 Å². The van der Waals surface area contributed by atoms with Crippen LogP contribution in [-0.2, 0) is 13.1 Å². The third kappa shape index (κ3) is 3.08. The Morgan fingerprint density at radius 3 is 2.94 bits per heavy atom. The van der Waals surface area contributed by atoms with Crippen molar-refractivity contribution in [3.8, 4) is 0 Å². The lowest BCUT2D eigenvalue weighted by Crippen LogP contribution is -2.15. The average molecular weight is 221 g/mol. The van der Waals surface area contributed by atoms with Gasteiger partial charge in [0.25, 0.3) is 0 Å². The van der Waals surface area contributed by atoms with Crippen molar-refractivity contribution in [1.82, 2.24) is 15.1 Å². The van der Waals surface area contributed by atoms with Gasteiger partial charge in [-0.1, -0.05) is 20.3 Å². The molecule has 3 nitrogen and oxygen atoms in total. The molecule has 1 fully saturated rings. The molecular formula is C13H23N3. The number of aromatic nitrogens is 2. The van der Waals surface area contributed by atoms with Crippen LogP contribution in [0, 0.1) is 12.8 Å². The van der Waals surface area contributed by atoms with Crippen LogP contribution in [-0.4, -0.2) is 15.8 Å². The van der Waals surface area contributed by atoms with Crippen molar-refractivity contribution >= 4 is 0 Å². The molecule has 1 aliphatic rings. The number of rotatable bonds is 6. The van der Waals surface area contributed by atoms with E-state index in [9.17, 15) is 0 Å². The van der Waals surface area contributed by atoms with Gasteiger partial charge in [-0.05, 0) is 25.7 Å². The van der Waals surface area contributed by atoms with Gasteiger partial charge in [0.1, 0.15) is 0 Å². The SMILES string of the molecule is CCC(C)Cn1cc(CNC2CC2)c(C)n1. The van der Waals surface area contributed by atoms with Gasteiger partial charge in [-0.25, -0.2) is 0 Å². The Morgan fingerprint density at radius 1 is 1.56 bits per heavy atom. The summed E-state index contributed by atoms with van der Waals surface area (Å²) in [5.41, 5.74) is 2.53. The maximum atomic E-state index is 4.57. The fraction of sp³-hybridized carbons (Fsp3) is 0.769. The van der Waals surface area contributed by atoms with E-state index in [1.54, 1.807) is 0 Å². The minimum atomic E-state index is 0.712. The van der Waals surface area contributed by atoms with Crippen LogP contribution in [0.25, 0.3) is 0 Å². The standard InChI is InChI=1S/C13H23N3/c1-4-10(2)8-16-9-12(11(3)15-16)7-14-13-5-6-13/h9-10,13-14H,4-8H2,1-3H3. The summed E-state index contributed by atoms with van der Waals surface area (Å²) in [5.74, 6) is 0.712. The topological polar surface area (TPSA) is 29.9 Å². The van der Waals surface area contributed by atoms with Crippen molar-refractivity contribution in [2.45, 2.75) is 59.2 Å². The number of hydrogen-bond acceptors (Lipinski definition) is 2. The first-order valence-corrected chi connectivity index (χ1v) is 6.45. The summed E-state index contributed by atoms with van der Waals surface area (Å²) in [6.07, 6.45) is 6.12. The second-order valence-corrected chi connectivity index (χ2v) is 5.13. The van der Waals surface area contributed by atoms with Crippen LogP contribution < -0.4 is 5.32 Å². The molecule has 1 aromatic heterocycles. The number of nitrogens with zero attached hydrogens (tertiary/aromatic N) is 2. The predicted octanol–water partition coefficient (Wildman–Crippen LogP) is 2.49. The lowest BCUT2D eigenvalue weighted by atomic mass is 10.1. The molecule has 1 unspecified atom stereocenters. The Morgan fingerprint density at radius 2 is 2.31 bits per heavy atom. The molecule has 0 radical (unpaired) electrons. The second-order valence-electron chi connectivity index (χ2n) is 5.13. The zero-order valence-electron chi connectivity index (χ0n) is 10.7. The van der Waals surface area contributed by atoms with E-state index in [1.165, 1.54) is 30.5 Å². The fourth-order valence-electron chi connectivity index (χ4n) is 1.82. The third-order valence-electron chi connectivity index (χ3n) is 3.40. The molecule has 0 aromatic carbocycles. The highest BCUT2D eigenvalue weighted by Gasteiger charge is 2.20. The van der Waals surface area contributed by atoms with E-state index in [4.69, 9.17) is 0 Å². The molecule has 0 bridgehead atoms. The maximum absolute atomic E-state index is 4.57. The molecule has 16 heavy (non-hydrogen) atoms. The fourth-order valence-corrected chi connectivity index (χ4v) is 1.82. The molecule has 0 saturated heterocycles. The van der Waals surface area contributed by atoms with Gasteiger partial charge >= 0.3 is 0 Å². The minimum Gasteiger partial charge on any atom is -0.310 e. The van der Waals surface area contributed by atoms with E-state index < -0.39 is 0 Å². The molecule has 0 spiro atoms. The van der Waals surface area contributed by atoms with Crippen LogP contribution in [0.5, 0.6) is 0 Å². The van der Waals surface area contributed by atoms with Crippen LogP contribution in [0.1, 0.15) is 44.4 Å². The van der Waals surface area contributed by atoms with E-state index in [2.05, 4.69) is 42.1 Å². The summed E-state index contributed by atoms with van der Waals surface area (Å²) in [6.45, 7) is 8.64. The summed E-state index contributed by atoms with van der Waals surface area (Å²) >= 11 is 0. The molecule has 1 N–H and O–H groups in total. The first kappa shape index (κ1) is 11.6. The van der Waals surface area contributed by atoms with E-state index >= 15 is 0 Å². The van der Waals surface area contributed by atoms with Crippen LogP contribution in [0.2, 0.25) is 0 Å². The Labute approximate surface area is 98.2 Å². The molecular weight excluding hydrogens is 198 g/mol. The molecule has 0 aliphatic heterocycles. The first-order chi connectivity index (χ1) is 7.69. The minimum absolute atomic E-state index is 0.712. The van der Waals surface area contributed by atoms with Crippen LogP contribution in [0.3, 0.4) is 0 Å². The predicted molar refractivity (Wildman–Crippen MR) is 66.3 cm³/mol. The van der Waals surface area contributed by atoms with Crippen molar-refractivity contribution in [3.63, 3.8) is 0 Å². The highest BCUT2D eigenvalue weighted by molar-refractivity contribution is 5.15. The number of hydrogen-bond donors (Lipinski definition) is 1. The molecule has 1 aromatic rings. The molecule has 1 aliphatic carbocycles. The van der Waals surface area contributed by atoms with Crippen LogP contribution >= 0.6 is 0 Å². The zero-order chi connectivity index (χ0) is 11.5. The lowest BCUT2D eigenvalue weighted by molar-refractivity contribution is 0.437. The second kappa shape index (κ2) is 5.00. The Kier molecular flexibility index (Phi) is 3.64. The van der Waals surface area contributed by atoms with Crippen LogP contribution in [0.15, 0.2) is 6.20 Å². The molecule has 90 valence electrons. The van der Waals surface area contributed by atoms with Gasteiger partial charge in [0.2, 0.25) is 0 Å². The smallest absolute Gasteiger partial charge is 0.0638 e. The molecule has 2 rings (SSSR count). The van der Waals surface area contributed by atoms with Crippen molar-refractivity contribution in [1.29, 1.82) is 0 Å². The maximum Gasteiger partial charge on any atom is 0.0638 e. The first-order valence-electron chi connectivity index (χ1n) is 6.45. The van der Waals surface area contributed by atoms with Gasteiger partial charge < -0.3 is 5.32 Å². The van der Waals surface area contributed by atoms with Crippen molar-refractivity contribution < 1.29 is 0 Å². The highest BCUT2D eigenvalue weighted by atomic mass is 15.3. The highest BCUT2D eigenvalue weighted by Crippen LogP contribution is 2.19. The van der Waals surface area contributed by atoms with Gasteiger partial charge in [-0.3, -0.25) is 4.68 Å². The summed E-state index contributed by atoms with van der Waals surface area (Å²) < 4.78 is 2.10. The summed E-state index contributed by atoms with van der Waals surface area (Å²) in [7, 11) is 0. The monoisotopic (exact) mass is 221 g/mol. The quantitative estimate of drug-likeness (QED) is 0.800. The van der Waals surface area contributed by atoms with Gasteiger partial charge in [0, 0.05) is 30.9 Å². The largest absolute Gasteiger partial charge is 0.310 e. The summed E-state index contributed by atoms with van der Waals surface area (Å²) in [4.78, 5) is 0. The summed E-state index contributed by atoms with van der Waals surface area (Å²) in [5, 5.41) is 8.11. The van der Waals surface area contributed by atoms with Crippen molar-refractivity contribution in [2.24, 2.45) is 5.92 Å². The van der Waals surface area contributed by atoms with Crippen molar-refractivity contribution in [3.05, 3.63) is 17.5 Å². The Bertz CT molecular complexity index is 339. The number of aryl methyl sites for hydroxylation is 1. The molecule has 1 saturated carbocycles. The Hall–Kier alpha value is -0.830. The Balaban J connectivity index is 1.91. The van der Waals surface area contributed by atoms with Gasteiger partial charge in [0.15, 0.2) is 0 Å². The van der Waals surface area contributed by atoms with E-state index in [0.29, 0.717) is 5.92 Å². The van der Waals surface area contributed by atoms with Gasteiger partial charge in [0.05, 0.1) is 5.69 Å². The van der Waals surface area contributed by atoms with E-state index in [-0.39, 0.29) is 0 Å². The normalized spacial score (nSPS) is 17.7. The molecule has 1 atom stereocenters. The third-order valence-corrected chi connectivity index (χ3v) is 3.40. The van der Waals surface area contributed by atoms with Gasteiger partial charge in [-0.2, -0.15) is 5.10 Å². The summed E-state index contributed by atoms with van der Waals surface area (Å²) in [6, 6.07) is 0.775. The number of nitrogens with one attached hydrogen (secondary N) is 1. The average Bonchev–Trinajstić information content (AvgIpc) is 3.01. The lowest BCUT2D eigenvalue weighted by Gasteiger charge is -2.07. The molecule has 0 amide bonds.